The number of nitrogens with zero attached hydrogens (tertiary/aromatic N) is 5. The lowest BCUT2D eigenvalue weighted by Gasteiger charge is -2.47. The van der Waals surface area contributed by atoms with E-state index >= 15 is 0 Å². The maximum atomic E-state index is 14.1. The van der Waals surface area contributed by atoms with Gasteiger partial charge in [0.05, 0.1) is 38.0 Å². The number of carbonyl (C=O) groups excluding carboxylic acids is 3. The first-order chi connectivity index (χ1) is 28.6. The highest BCUT2D eigenvalue weighted by atomic mass is 19.3. The summed E-state index contributed by atoms with van der Waals surface area (Å²) in [5.74, 6) is 1.13. The van der Waals surface area contributed by atoms with Crippen LogP contribution in [0.1, 0.15) is 71.4 Å². The summed E-state index contributed by atoms with van der Waals surface area (Å²) in [6.45, 7) is 8.15. The van der Waals surface area contributed by atoms with Crippen molar-refractivity contribution in [1.29, 1.82) is 0 Å². The Balaban J connectivity index is 0.784. The molecule has 0 radical (unpaired) electrons. The van der Waals surface area contributed by atoms with Gasteiger partial charge in [-0.25, -0.2) is 8.78 Å². The molecule has 0 saturated carbocycles. The number of alkyl halides is 2. The number of anilines is 2. The van der Waals surface area contributed by atoms with Gasteiger partial charge >= 0.3 is 0 Å². The number of methoxy groups -OCH3 is 1. The number of hydrogen-bond acceptors (Lipinski definition) is 9. The number of carbonyl (C=O) groups is 3. The number of halogens is 2. The van der Waals surface area contributed by atoms with Crippen molar-refractivity contribution in [3.05, 3.63) is 82.5 Å². The van der Waals surface area contributed by atoms with Crippen LogP contribution in [0.3, 0.4) is 0 Å². The Morgan fingerprint density at radius 2 is 1.78 bits per heavy atom. The van der Waals surface area contributed by atoms with Crippen molar-refractivity contribution in [2.24, 2.45) is 5.92 Å². The molecule has 3 aromatic carbocycles. The zero-order valence-electron chi connectivity index (χ0n) is 33.6. The van der Waals surface area contributed by atoms with Crippen molar-refractivity contribution >= 4 is 40.0 Å². The summed E-state index contributed by atoms with van der Waals surface area (Å²) in [7, 11) is 1.67. The number of fused-ring (bicyclic) bond motifs is 8. The fourth-order valence-electron chi connectivity index (χ4n) is 10.9. The quantitative estimate of drug-likeness (QED) is 0.228. The van der Waals surface area contributed by atoms with E-state index in [4.69, 9.17) is 9.47 Å². The van der Waals surface area contributed by atoms with Crippen molar-refractivity contribution in [1.82, 2.24) is 25.0 Å². The molecule has 1 aromatic heterocycles. The van der Waals surface area contributed by atoms with Gasteiger partial charge in [-0.1, -0.05) is 24.3 Å². The van der Waals surface area contributed by atoms with Gasteiger partial charge in [0.2, 0.25) is 11.8 Å². The Hall–Kier alpha value is -5.21. The van der Waals surface area contributed by atoms with Crippen LogP contribution in [-0.2, 0) is 22.6 Å². The summed E-state index contributed by atoms with van der Waals surface area (Å²) in [6.07, 6.45) is 0.941. The Kier molecular flexibility index (Phi) is 9.74. The molecule has 3 amide bonds. The normalized spacial score (nSPS) is 25.2. The SMILES string of the molecule is COc1cc(N2CCC(CN3CCN4c5ccc6c(c5OC[C@H]4C3)CN([C@@H]3CCC(=O)NC3=O)C6=O)CC2)ccc1[C@@H]1c2[nH]c3ccccc3c2C[C@@H](C)N1CC(F)F. The summed E-state index contributed by atoms with van der Waals surface area (Å²) in [6, 6.07) is 17.5. The van der Waals surface area contributed by atoms with Crippen LogP contribution in [0.4, 0.5) is 20.2 Å². The average molecular weight is 808 g/mol. The minimum Gasteiger partial charge on any atom is -0.496 e. The van der Waals surface area contributed by atoms with E-state index in [0.29, 0.717) is 43.2 Å². The molecular weight excluding hydrogens is 757 g/mol. The third-order valence-electron chi connectivity index (χ3n) is 13.8. The standard InChI is InChI=1S/C45H51F2N7O5/c1-26-19-33-30-5-3-4-6-35(30)48-41(33)42(53(26)24-39(46)47)32-8-7-28(20-38(32)58-2)51-15-13-27(14-16-51)21-50-17-18-52-29(22-50)25-59-43-34-23-54(37-11-12-40(55)49-44(37)56)45(57)31(34)9-10-36(43)52/h3-10,20,26-27,29,37,39,42,48H,11-19,21-25H2,1-2H3,(H,49,55,56)/t26-,29-,37-,42-/m1/s1. The third-order valence-corrected chi connectivity index (χ3v) is 13.8. The van der Waals surface area contributed by atoms with Crippen molar-refractivity contribution in [2.45, 2.75) is 76.2 Å². The number of piperazine rings is 1. The molecule has 10 rings (SSSR count). The highest BCUT2D eigenvalue weighted by Gasteiger charge is 2.44. The number of aromatic amines is 1. The molecular formula is C45H51F2N7O5. The lowest BCUT2D eigenvalue weighted by molar-refractivity contribution is -0.136. The minimum absolute atomic E-state index is 0.0684. The number of amides is 3. The number of hydrogen-bond donors (Lipinski definition) is 2. The van der Waals surface area contributed by atoms with E-state index in [1.54, 1.807) is 12.0 Å². The molecule has 4 aromatic rings. The highest BCUT2D eigenvalue weighted by Crippen LogP contribution is 2.46. The van der Waals surface area contributed by atoms with Crippen LogP contribution in [0.15, 0.2) is 54.6 Å². The van der Waals surface area contributed by atoms with E-state index in [-0.39, 0.29) is 42.9 Å². The molecule has 6 aliphatic heterocycles. The third kappa shape index (κ3) is 6.68. The molecule has 14 heteroatoms. The van der Waals surface area contributed by atoms with Gasteiger partial charge in [-0.15, -0.1) is 0 Å². The molecule has 4 atom stereocenters. The molecule has 6 aliphatic rings. The van der Waals surface area contributed by atoms with Gasteiger partial charge in [0.25, 0.3) is 12.3 Å². The molecule has 7 heterocycles. The highest BCUT2D eigenvalue weighted by molar-refractivity contribution is 6.06. The first-order valence-corrected chi connectivity index (χ1v) is 21.1. The van der Waals surface area contributed by atoms with Crippen molar-refractivity contribution in [3.8, 4) is 11.5 Å². The second-order valence-electron chi connectivity index (χ2n) is 17.2. The number of nitrogens with one attached hydrogen (secondary N) is 2. The van der Waals surface area contributed by atoms with Crippen LogP contribution < -0.4 is 24.6 Å². The number of H-pyrrole nitrogens is 1. The summed E-state index contributed by atoms with van der Waals surface area (Å²) in [5, 5.41) is 3.53. The predicted octanol–water partition coefficient (Wildman–Crippen LogP) is 5.34. The van der Waals surface area contributed by atoms with Gasteiger partial charge in [0, 0.05) is 96.8 Å². The second-order valence-corrected chi connectivity index (χ2v) is 17.2. The van der Waals surface area contributed by atoms with Crippen LogP contribution in [0.2, 0.25) is 0 Å². The van der Waals surface area contributed by atoms with Gasteiger partial charge in [0.1, 0.15) is 24.1 Å². The van der Waals surface area contributed by atoms with E-state index < -0.39 is 18.4 Å². The van der Waals surface area contributed by atoms with Crippen LogP contribution in [0, 0.1) is 5.92 Å². The number of para-hydroxylation sites is 1. The summed E-state index contributed by atoms with van der Waals surface area (Å²) >= 11 is 0. The number of rotatable bonds is 8. The molecule has 0 spiro atoms. The summed E-state index contributed by atoms with van der Waals surface area (Å²) < 4.78 is 40.6. The molecule has 0 aliphatic carbocycles. The number of piperidine rings is 2. The number of ether oxygens (including phenoxy) is 2. The van der Waals surface area contributed by atoms with E-state index in [9.17, 15) is 23.2 Å². The second kappa shape index (κ2) is 15.1. The molecule has 3 saturated heterocycles. The first kappa shape index (κ1) is 38.0. The Morgan fingerprint density at radius 1 is 0.949 bits per heavy atom. The van der Waals surface area contributed by atoms with E-state index in [1.165, 1.54) is 5.56 Å². The Bertz CT molecular complexity index is 2310. The van der Waals surface area contributed by atoms with Crippen LogP contribution in [0.5, 0.6) is 11.5 Å². The number of benzene rings is 3. The van der Waals surface area contributed by atoms with Gasteiger partial charge in [-0.3, -0.25) is 29.5 Å². The molecule has 0 unspecified atom stereocenters. The predicted molar refractivity (Wildman–Crippen MR) is 220 cm³/mol. The van der Waals surface area contributed by atoms with Gasteiger partial charge in [-0.2, -0.15) is 0 Å². The largest absolute Gasteiger partial charge is 0.496 e. The van der Waals surface area contributed by atoms with Crippen molar-refractivity contribution in [3.63, 3.8) is 0 Å². The monoisotopic (exact) mass is 807 g/mol. The minimum atomic E-state index is -2.45. The van der Waals surface area contributed by atoms with Gasteiger partial charge < -0.3 is 29.2 Å². The zero-order valence-corrected chi connectivity index (χ0v) is 33.6. The topological polar surface area (TPSA) is 114 Å². The first-order valence-electron chi connectivity index (χ1n) is 21.1. The van der Waals surface area contributed by atoms with Crippen LogP contribution >= 0.6 is 0 Å². The average Bonchev–Trinajstić information content (AvgIpc) is 3.77. The number of imide groups is 1. The maximum absolute atomic E-state index is 14.1. The van der Waals surface area contributed by atoms with Crippen molar-refractivity contribution < 1.29 is 32.6 Å². The lowest BCUT2D eigenvalue weighted by atomic mass is 9.88. The lowest BCUT2D eigenvalue weighted by Crippen LogP contribution is -2.58. The van der Waals surface area contributed by atoms with Crippen LogP contribution in [-0.4, -0.2) is 121 Å². The summed E-state index contributed by atoms with van der Waals surface area (Å²) in [4.78, 5) is 52.3. The molecule has 59 heavy (non-hydrogen) atoms. The van der Waals surface area contributed by atoms with E-state index in [2.05, 4.69) is 55.3 Å². The van der Waals surface area contributed by atoms with Crippen molar-refractivity contribution in [2.75, 3.05) is 69.3 Å². The fraction of sp³-hybridized carbons (Fsp3) is 0.489. The summed E-state index contributed by atoms with van der Waals surface area (Å²) in [5.41, 5.74) is 7.59. The molecule has 310 valence electrons. The molecule has 2 N–H and O–H groups in total. The smallest absolute Gasteiger partial charge is 0.255 e. The molecule has 12 nitrogen and oxygen atoms in total. The maximum Gasteiger partial charge on any atom is 0.255 e. The zero-order chi connectivity index (χ0) is 40.5. The fourth-order valence-corrected chi connectivity index (χ4v) is 10.9. The van der Waals surface area contributed by atoms with Gasteiger partial charge in [-0.05, 0) is 68.4 Å². The number of aromatic nitrogens is 1. The molecule has 3 fully saturated rings. The van der Waals surface area contributed by atoms with E-state index in [1.807, 2.05) is 36.1 Å². The van der Waals surface area contributed by atoms with Crippen LogP contribution in [0.25, 0.3) is 10.9 Å². The Labute approximate surface area is 342 Å². The van der Waals surface area contributed by atoms with Gasteiger partial charge in [0.15, 0.2) is 0 Å². The Morgan fingerprint density at radius 3 is 2.58 bits per heavy atom. The molecule has 0 bridgehead atoms. The van der Waals surface area contributed by atoms with E-state index in [0.717, 1.165) is 97.0 Å².